The first-order valence-electron chi connectivity index (χ1n) is 10.2. The van der Waals surface area contributed by atoms with Gasteiger partial charge < -0.3 is 14.4 Å². The average molecular weight is 462 g/mol. The van der Waals surface area contributed by atoms with E-state index in [1.807, 2.05) is 31.2 Å². The Hall–Kier alpha value is -2.82. The van der Waals surface area contributed by atoms with Gasteiger partial charge in [-0.3, -0.25) is 4.79 Å². The second-order valence-corrected chi connectivity index (χ2v) is 9.59. The predicted octanol–water partition coefficient (Wildman–Crippen LogP) is 1.98. The third-order valence-electron chi connectivity index (χ3n) is 5.56. The van der Waals surface area contributed by atoms with E-state index in [1.165, 1.54) is 0 Å². The molecular weight excluding hydrogens is 439 g/mol. The van der Waals surface area contributed by atoms with E-state index in [4.69, 9.17) is 9.47 Å². The van der Waals surface area contributed by atoms with E-state index in [1.54, 1.807) is 4.90 Å². The van der Waals surface area contributed by atoms with Crippen LogP contribution in [-0.2, 0) is 30.7 Å². The van der Waals surface area contributed by atoms with Crippen molar-refractivity contribution in [3.63, 3.8) is 0 Å². The molecule has 0 saturated carbocycles. The van der Waals surface area contributed by atoms with E-state index in [2.05, 4.69) is 0 Å². The van der Waals surface area contributed by atoms with Gasteiger partial charge in [0.2, 0.25) is 10.0 Å². The lowest BCUT2D eigenvalue weighted by Gasteiger charge is -2.26. The van der Waals surface area contributed by atoms with Gasteiger partial charge in [-0.2, -0.15) is 4.31 Å². The van der Waals surface area contributed by atoms with Crippen LogP contribution in [0.1, 0.15) is 22.8 Å². The van der Waals surface area contributed by atoms with E-state index < -0.39 is 33.3 Å². The predicted molar refractivity (Wildman–Crippen MR) is 113 cm³/mol. The molecule has 0 radical (unpaired) electrons. The fourth-order valence-electron chi connectivity index (χ4n) is 3.98. The first kappa shape index (κ1) is 22.4. The summed E-state index contributed by atoms with van der Waals surface area (Å²) in [7, 11) is -4.14. The van der Waals surface area contributed by atoms with Crippen molar-refractivity contribution < 1.29 is 31.9 Å². The van der Waals surface area contributed by atoms with Gasteiger partial charge >= 0.3 is 5.97 Å². The molecule has 4 rings (SSSR count). The summed E-state index contributed by atoms with van der Waals surface area (Å²) in [6, 6.07) is 10.4. The van der Waals surface area contributed by atoms with E-state index in [0.717, 1.165) is 33.8 Å². The van der Waals surface area contributed by atoms with E-state index in [0.29, 0.717) is 6.42 Å². The van der Waals surface area contributed by atoms with E-state index >= 15 is 0 Å². The summed E-state index contributed by atoms with van der Waals surface area (Å²) in [5, 5.41) is 0. The zero-order valence-electron chi connectivity index (χ0n) is 17.5. The van der Waals surface area contributed by atoms with Crippen LogP contribution in [-0.4, -0.2) is 63.6 Å². The molecule has 2 aromatic carbocycles. The summed E-state index contributed by atoms with van der Waals surface area (Å²) in [5.41, 5.74) is 1.67. The van der Waals surface area contributed by atoms with Crippen LogP contribution in [0.25, 0.3) is 0 Å². The number of hydrogen-bond acceptors (Lipinski definition) is 6. The van der Waals surface area contributed by atoms with E-state index in [9.17, 15) is 22.4 Å². The van der Waals surface area contributed by atoms with Crippen molar-refractivity contribution in [1.29, 1.82) is 0 Å². The van der Waals surface area contributed by atoms with Crippen molar-refractivity contribution in [2.45, 2.75) is 24.3 Å². The minimum atomic E-state index is -4.14. The number of benzene rings is 2. The molecule has 170 valence electrons. The fraction of sp³-hybridized carbons (Fsp3) is 0.364. The molecule has 8 nitrogen and oxygen atoms in total. The summed E-state index contributed by atoms with van der Waals surface area (Å²) < 4.78 is 51.3. The minimum absolute atomic E-state index is 0.0744. The Labute approximate surface area is 185 Å². The van der Waals surface area contributed by atoms with Gasteiger partial charge in [-0.1, -0.05) is 18.2 Å². The number of rotatable bonds is 5. The van der Waals surface area contributed by atoms with Crippen LogP contribution in [0.4, 0.5) is 10.1 Å². The molecule has 2 heterocycles. The third-order valence-corrected chi connectivity index (χ3v) is 7.47. The number of nitrogens with zero attached hydrogens (tertiary/aromatic N) is 2. The molecular formula is C22H23FN2O6S. The van der Waals surface area contributed by atoms with Crippen LogP contribution >= 0.6 is 0 Å². The number of amides is 1. The smallest absolute Gasteiger partial charge is 0.338 e. The molecule has 2 aromatic rings. The monoisotopic (exact) mass is 462 g/mol. The highest BCUT2D eigenvalue weighted by molar-refractivity contribution is 7.89. The largest absolute Gasteiger partial charge is 0.452 e. The number of ether oxygens (including phenoxy) is 2. The Morgan fingerprint density at radius 2 is 1.88 bits per heavy atom. The number of hydrogen-bond donors (Lipinski definition) is 0. The average Bonchev–Trinajstić information content (AvgIpc) is 3.13. The molecule has 1 saturated heterocycles. The van der Waals surface area contributed by atoms with Gasteiger partial charge in [0.05, 0.1) is 18.8 Å². The molecule has 0 bridgehead atoms. The molecule has 0 aliphatic carbocycles. The molecule has 1 fully saturated rings. The Balaban J connectivity index is 1.47. The number of carbonyl (C=O) groups is 2. The van der Waals surface area contributed by atoms with Crippen LogP contribution in [0.15, 0.2) is 47.4 Å². The van der Waals surface area contributed by atoms with Crippen molar-refractivity contribution in [3.8, 4) is 0 Å². The highest BCUT2D eigenvalue weighted by Gasteiger charge is 2.32. The summed E-state index contributed by atoms with van der Waals surface area (Å²) in [4.78, 5) is 26.2. The lowest BCUT2D eigenvalue weighted by Crippen LogP contribution is -2.41. The van der Waals surface area contributed by atoms with E-state index in [-0.39, 0.29) is 43.8 Å². The third kappa shape index (κ3) is 4.25. The van der Waals surface area contributed by atoms with Crippen molar-refractivity contribution in [3.05, 3.63) is 59.4 Å². The molecule has 32 heavy (non-hydrogen) atoms. The number of para-hydroxylation sites is 1. The number of halogens is 1. The second kappa shape index (κ2) is 8.97. The summed E-state index contributed by atoms with van der Waals surface area (Å²) >= 11 is 0. The Morgan fingerprint density at radius 3 is 2.62 bits per heavy atom. The van der Waals surface area contributed by atoms with Crippen molar-refractivity contribution in [2.24, 2.45) is 0 Å². The Morgan fingerprint density at radius 1 is 1.16 bits per heavy atom. The number of morpholine rings is 1. The molecule has 1 unspecified atom stereocenters. The van der Waals surface area contributed by atoms with Crippen molar-refractivity contribution >= 4 is 27.6 Å². The van der Waals surface area contributed by atoms with Crippen LogP contribution in [0.3, 0.4) is 0 Å². The number of anilines is 1. The minimum Gasteiger partial charge on any atom is -0.452 e. The van der Waals surface area contributed by atoms with Crippen molar-refractivity contribution in [2.75, 3.05) is 37.8 Å². The van der Waals surface area contributed by atoms with Crippen LogP contribution < -0.4 is 4.90 Å². The molecule has 1 atom stereocenters. The van der Waals surface area contributed by atoms with Gasteiger partial charge in [-0.25, -0.2) is 17.6 Å². The highest BCUT2D eigenvalue weighted by atomic mass is 32.2. The number of fused-ring (bicyclic) bond motifs is 1. The second-order valence-electron chi connectivity index (χ2n) is 7.68. The number of carbonyl (C=O) groups excluding carboxylic acids is 2. The molecule has 0 spiro atoms. The Kier molecular flexibility index (Phi) is 6.27. The van der Waals surface area contributed by atoms with Gasteiger partial charge in [0, 0.05) is 24.8 Å². The van der Waals surface area contributed by atoms with Crippen LogP contribution in [0.5, 0.6) is 0 Å². The van der Waals surface area contributed by atoms with Gasteiger partial charge in [-0.15, -0.1) is 0 Å². The summed E-state index contributed by atoms with van der Waals surface area (Å²) in [6.45, 7) is 2.01. The van der Waals surface area contributed by atoms with Crippen molar-refractivity contribution in [1.82, 2.24) is 4.31 Å². The molecule has 2 aliphatic rings. The van der Waals surface area contributed by atoms with Crippen LogP contribution in [0.2, 0.25) is 0 Å². The van der Waals surface area contributed by atoms with Gasteiger partial charge in [0.1, 0.15) is 10.7 Å². The standard InChI is InChI=1S/C22H23FN2O6S/c1-15-12-16-4-2-3-5-19(16)25(15)21(26)14-31-22(27)17-6-7-18(23)20(13-17)32(28,29)24-8-10-30-11-9-24/h2-7,13,15H,8-12,14H2,1H3. The number of sulfonamides is 1. The van der Waals surface area contributed by atoms with Crippen LogP contribution in [0, 0.1) is 5.82 Å². The molecule has 0 aromatic heterocycles. The lowest BCUT2D eigenvalue weighted by molar-refractivity contribution is -0.122. The van der Waals surface area contributed by atoms with Gasteiger partial charge in [0.15, 0.2) is 6.61 Å². The number of esters is 1. The first-order valence-corrected chi connectivity index (χ1v) is 11.7. The quantitative estimate of drug-likeness (QED) is 0.631. The first-order chi connectivity index (χ1) is 15.3. The summed E-state index contributed by atoms with van der Waals surface area (Å²) in [6.07, 6.45) is 0.705. The Bertz CT molecular complexity index is 1150. The highest BCUT2D eigenvalue weighted by Crippen LogP contribution is 2.31. The maximum absolute atomic E-state index is 14.3. The molecule has 10 heteroatoms. The zero-order chi connectivity index (χ0) is 22.9. The zero-order valence-corrected chi connectivity index (χ0v) is 18.3. The normalized spacial score (nSPS) is 18.9. The fourth-order valence-corrected chi connectivity index (χ4v) is 5.48. The molecule has 0 N–H and O–H groups in total. The van der Waals surface area contributed by atoms with Gasteiger partial charge in [-0.05, 0) is 43.2 Å². The summed E-state index contributed by atoms with van der Waals surface area (Å²) in [5.74, 6) is -2.26. The van der Waals surface area contributed by atoms with Gasteiger partial charge in [0.25, 0.3) is 5.91 Å². The molecule has 1 amide bonds. The topological polar surface area (TPSA) is 93.2 Å². The SMILES string of the molecule is CC1Cc2ccccc2N1C(=O)COC(=O)c1ccc(F)c(S(=O)(=O)N2CCOCC2)c1. The maximum Gasteiger partial charge on any atom is 0.338 e. The molecule has 2 aliphatic heterocycles. The maximum atomic E-state index is 14.3. The lowest BCUT2D eigenvalue weighted by atomic mass is 10.1.